The topological polar surface area (TPSA) is 66.5 Å². The third kappa shape index (κ3) is 4.41. The van der Waals surface area contributed by atoms with Crippen molar-refractivity contribution >= 4 is 17.7 Å². The van der Waals surface area contributed by atoms with Gasteiger partial charge in [0.1, 0.15) is 0 Å². The zero-order valence-corrected chi connectivity index (χ0v) is 13.7. The summed E-state index contributed by atoms with van der Waals surface area (Å²) in [5.74, 6) is -0.709. The van der Waals surface area contributed by atoms with Crippen molar-refractivity contribution in [2.24, 2.45) is 5.41 Å². The molecule has 0 radical (unpaired) electrons. The van der Waals surface area contributed by atoms with Gasteiger partial charge in [0.15, 0.2) is 0 Å². The maximum absolute atomic E-state index is 12.4. The molecule has 0 saturated heterocycles. The fourth-order valence-corrected chi connectivity index (χ4v) is 2.57. The number of hydrogen-bond acceptors (Lipinski definition) is 3. The van der Waals surface area contributed by atoms with Crippen LogP contribution in [0.3, 0.4) is 0 Å². The summed E-state index contributed by atoms with van der Waals surface area (Å²) in [4.78, 5) is 37.2. The largest absolute Gasteiger partial charge is 0.354 e. The molecule has 1 N–H and O–H groups in total. The van der Waals surface area contributed by atoms with Gasteiger partial charge in [-0.3, -0.25) is 19.3 Å². The van der Waals surface area contributed by atoms with Gasteiger partial charge in [-0.15, -0.1) is 0 Å². The van der Waals surface area contributed by atoms with E-state index < -0.39 is 0 Å². The van der Waals surface area contributed by atoms with Crippen LogP contribution in [0.25, 0.3) is 0 Å². The number of nitrogens with one attached hydrogen (secondary N) is 1. The maximum atomic E-state index is 12.4. The highest BCUT2D eigenvalue weighted by molar-refractivity contribution is 6.16. The van der Waals surface area contributed by atoms with Crippen LogP contribution in [0.4, 0.5) is 0 Å². The molecule has 0 aromatic heterocycles. The Morgan fingerprint density at radius 2 is 1.95 bits per heavy atom. The Balaban J connectivity index is 2.67. The van der Waals surface area contributed by atoms with Crippen molar-refractivity contribution in [3.05, 3.63) is 11.6 Å². The molecule has 0 aliphatic carbocycles. The van der Waals surface area contributed by atoms with Gasteiger partial charge in [-0.25, -0.2) is 0 Å². The van der Waals surface area contributed by atoms with Gasteiger partial charge in [-0.2, -0.15) is 0 Å². The second-order valence-electron chi connectivity index (χ2n) is 6.46. The van der Waals surface area contributed by atoms with E-state index in [0.717, 1.165) is 12.8 Å². The minimum absolute atomic E-state index is 0.0552. The number of imide groups is 1. The average Bonchev–Trinajstić information content (AvgIpc) is 2.62. The molecule has 0 unspecified atom stereocenters. The van der Waals surface area contributed by atoms with Crippen LogP contribution in [0.5, 0.6) is 0 Å². The van der Waals surface area contributed by atoms with Gasteiger partial charge in [0.05, 0.1) is 0 Å². The van der Waals surface area contributed by atoms with Gasteiger partial charge in [0, 0.05) is 30.7 Å². The Kier molecular flexibility index (Phi) is 5.70. The molecule has 1 aliphatic rings. The van der Waals surface area contributed by atoms with Crippen molar-refractivity contribution < 1.29 is 14.4 Å². The van der Waals surface area contributed by atoms with Crippen LogP contribution in [0.15, 0.2) is 11.6 Å². The fourth-order valence-electron chi connectivity index (χ4n) is 2.57. The van der Waals surface area contributed by atoms with Crippen molar-refractivity contribution in [3.63, 3.8) is 0 Å². The first-order valence-electron chi connectivity index (χ1n) is 7.56. The van der Waals surface area contributed by atoms with Crippen LogP contribution in [-0.2, 0) is 14.4 Å². The first-order chi connectivity index (χ1) is 9.69. The monoisotopic (exact) mass is 294 g/mol. The molecule has 0 atom stereocenters. The lowest BCUT2D eigenvalue weighted by atomic mass is 9.80. The van der Waals surface area contributed by atoms with Gasteiger partial charge in [-0.1, -0.05) is 27.2 Å². The highest BCUT2D eigenvalue weighted by Crippen LogP contribution is 2.35. The van der Waals surface area contributed by atoms with Gasteiger partial charge >= 0.3 is 0 Å². The van der Waals surface area contributed by atoms with E-state index >= 15 is 0 Å². The number of hydrogen-bond donors (Lipinski definition) is 1. The third-order valence-corrected chi connectivity index (χ3v) is 3.63. The minimum Gasteiger partial charge on any atom is -0.354 e. The quantitative estimate of drug-likeness (QED) is 0.731. The Bertz CT molecular complexity index is 464. The van der Waals surface area contributed by atoms with Crippen molar-refractivity contribution in [2.75, 3.05) is 6.54 Å². The molecular formula is C16H26N2O3. The molecular weight excluding hydrogens is 268 g/mol. The molecule has 3 amide bonds. The Morgan fingerprint density at radius 3 is 2.48 bits per heavy atom. The number of rotatable bonds is 7. The molecule has 0 aromatic carbocycles. The highest BCUT2D eigenvalue weighted by atomic mass is 16.2. The number of amides is 3. The predicted octanol–water partition coefficient (Wildman–Crippen LogP) is 2.02. The molecule has 1 aliphatic heterocycles. The zero-order chi connectivity index (χ0) is 16.2. The van der Waals surface area contributed by atoms with E-state index in [1.807, 2.05) is 27.7 Å². The first-order valence-corrected chi connectivity index (χ1v) is 7.56. The summed E-state index contributed by atoms with van der Waals surface area (Å²) in [6.45, 7) is 9.88. The standard InChI is InChI=1S/C16H26N2O3/c1-6-8-16(4,5)12-10-14(20)18(15(12)21)9-7-13(19)17-11(2)3/h10-11H,6-9H2,1-5H3,(H,17,19). The number of carbonyl (C=O) groups excluding carboxylic acids is 3. The smallest absolute Gasteiger partial charge is 0.257 e. The van der Waals surface area contributed by atoms with Crippen LogP contribution in [0.1, 0.15) is 53.9 Å². The molecule has 0 fully saturated rings. The molecule has 5 nitrogen and oxygen atoms in total. The summed E-state index contributed by atoms with van der Waals surface area (Å²) in [6.07, 6.45) is 3.37. The number of nitrogens with zero attached hydrogens (tertiary/aromatic N) is 1. The summed E-state index contributed by atoms with van der Waals surface area (Å²) >= 11 is 0. The molecule has 21 heavy (non-hydrogen) atoms. The Hall–Kier alpha value is -1.65. The normalized spacial score (nSPS) is 15.7. The van der Waals surface area contributed by atoms with Crippen LogP contribution in [0.2, 0.25) is 0 Å². The van der Waals surface area contributed by atoms with Crippen LogP contribution in [-0.4, -0.2) is 35.2 Å². The highest BCUT2D eigenvalue weighted by Gasteiger charge is 2.38. The second kappa shape index (κ2) is 6.87. The van der Waals surface area contributed by atoms with Gasteiger partial charge in [0.25, 0.3) is 11.8 Å². The van der Waals surface area contributed by atoms with E-state index in [1.165, 1.54) is 11.0 Å². The lowest BCUT2D eigenvalue weighted by molar-refractivity contribution is -0.138. The van der Waals surface area contributed by atoms with Gasteiger partial charge < -0.3 is 5.32 Å². The lowest BCUT2D eigenvalue weighted by Gasteiger charge is -2.25. The van der Waals surface area contributed by atoms with Crippen LogP contribution < -0.4 is 5.32 Å². The molecule has 0 bridgehead atoms. The average molecular weight is 294 g/mol. The van der Waals surface area contributed by atoms with E-state index in [2.05, 4.69) is 12.2 Å². The van der Waals surface area contributed by atoms with E-state index in [4.69, 9.17) is 0 Å². The van der Waals surface area contributed by atoms with Gasteiger partial charge in [-0.05, 0) is 25.7 Å². The summed E-state index contributed by atoms with van der Waals surface area (Å²) in [5, 5.41) is 2.75. The summed E-state index contributed by atoms with van der Waals surface area (Å²) in [7, 11) is 0. The Labute approximate surface area is 126 Å². The van der Waals surface area contributed by atoms with Gasteiger partial charge in [0.2, 0.25) is 5.91 Å². The minimum atomic E-state index is -0.309. The zero-order valence-electron chi connectivity index (χ0n) is 13.7. The third-order valence-electron chi connectivity index (χ3n) is 3.63. The van der Waals surface area contributed by atoms with Crippen molar-refractivity contribution in [2.45, 2.75) is 59.9 Å². The predicted molar refractivity (Wildman–Crippen MR) is 81.4 cm³/mol. The van der Waals surface area contributed by atoms with E-state index in [-0.39, 0.29) is 42.1 Å². The summed E-state index contributed by atoms with van der Waals surface area (Å²) in [6, 6.07) is 0.0552. The molecule has 0 saturated carbocycles. The maximum Gasteiger partial charge on any atom is 0.257 e. The second-order valence-corrected chi connectivity index (χ2v) is 6.46. The van der Waals surface area contributed by atoms with Crippen molar-refractivity contribution in [3.8, 4) is 0 Å². The van der Waals surface area contributed by atoms with Crippen LogP contribution >= 0.6 is 0 Å². The molecule has 1 heterocycles. The fraction of sp³-hybridized carbons (Fsp3) is 0.688. The molecule has 1 rings (SSSR count). The molecule has 5 heteroatoms. The van der Waals surface area contributed by atoms with E-state index in [0.29, 0.717) is 5.57 Å². The van der Waals surface area contributed by atoms with Crippen molar-refractivity contribution in [1.29, 1.82) is 0 Å². The molecule has 0 spiro atoms. The lowest BCUT2D eigenvalue weighted by Crippen LogP contribution is -2.38. The first kappa shape index (κ1) is 17.4. The van der Waals surface area contributed by atoms with E-state index in [9.17, 15) is 14.4 Å². The summed E-state index contributed by atoms with van der Waals surface area (Å²) in [5.41, 5.74) is 0.245. The van der Waals surface area contributed by atoms with E-state index in [1.54, 1.807) is 0 Å². The van der Waals surface area contributed by atoms with Crippen molar-refractivity contribution in [1.82, 2.24) is 10.2 Å². The summed E-state index contributed by atoms with van der Waals surface area (Å²) < 4.78 is 0. The Morgan fingerprint density at radius 1 is 1.33 bits per heavy atom. The van der Waals surface area contributed by atoms with Crippen LogP contribution in [0, 0.1) is 5.41 Å². The number of carbonyl (C=O) groups is 3. The SMILES string of the molecule is CCCC(C)(C)C1=CC(=O)N(CCC(=O)NC(C)C)C1=O. The molecule has 0 aromatic rings. The molecule has 118 valence electrons.